The number of benzene rings is 2. The first-order valence-corrected chi connectivity index (χ1v) is 8.46. The van der Waals surface area contributed by atoms with Gasteiger partial charge < -0.3 is 5.11 Å². The van der Waals surface area contributed by atoms with Crippen molar-refractivity contribution in [2.24, 2.45) is 0 Å². The van der Waals surface area contributed by atoms with E-state index in [4.69, 9.17) is 0 Å². The second-order valence-electron chi connectivity index (χ2n) is 4.85. The van der Waals surface area contributed by atoms with E-state index in [-0.39, 0.29) is 12.3 Å². The Morgan fingerprint density at radius 2 is 1.52 bits per heavy atom. The lowest BCUT2D eigenvalue weighted by Gasteiger charge is -2.12. The maximum absolute atomic E-state index is 11.9. The maximum atomic E-state index is 11.9. The molecule has 2 aromatic rings. The van der Waals surface area contributed by atoms with Crippen molar-refractivity contribution in [1.29, 1.82) is 0 Å². The largest absolute Gasteiger partial charge is 0.388 e. The predicted molar refractivity (Wildman–Crippen MR) is 83.1 cm³/mol. The average molecular weight is 305 g/mol. The molecule has 0 bridgehead atoms. The monoisotopic (exact) mass is 305 g/mol. The van der Waals surface area contributed by atoms with Crippen LogP contribution in [0.25, 0.3) is 0 Å². The smallest absolute Gasteiger partial charge is 0.215 e. The molecule has 2 N–H and O–H groups in total. The number of aliphatic hydroxyl groups excluding tert-OH is 1. The zero-order valence-electron chi connectivity index (χ0n) is 11.6. The Morgan fingerprint density at radius 3 is 2.14 bits per heavy atom. The molecule has 0 heterocycles. The van der Waals surface area contributed by atoms with Gasteiger partial charge in [-0.1, -0.05) is 60.7 Å². The van der Waals surface area contributed by atoms with Crippen LogP contribution in [0.1, 0.15) is 23.7 Å². The Labute approximate surface area is 125 Å². The van der Waals surface area contributed by atoms with E-state index in [0.717, 1.165) is 11.1 Å². The van der Waals surface area contributed by atoms with Gasteiger partial charge in [0.1, 0.15) is 0 Å². The molecular formula is C16H19NO3S. The van der Waals surface area contributed by atoms with Crippen molar-refractivity contribution in [3.8, 4) is 0 Å². The van der Waals surface area contributed by atoms with E-state index in [0.29, 0.717) is 6.42 Å². The van der Waals surface area contributed by atoms with Gasteiger partial charge in [0.15, 0.2) is 0 Å². The zero-order valence-corrected chi connectivity index (χ0v) is 12.5. The van der Waals surface area contributed by atoms with Crippen LogP contribution in [-0.4, -0.2) is 20.1 Å². The van der Waals surface area contributed by atoms with Gasteiger partial charge in [0.05, 0.1) is 11.9 Å². The molecule has 112 valence electrons. The van der Waals surface area contributed by atoms with Crippen molar-refractivity contribution >= 4 is 10.0 Å². The summed E-state index contributed by atoms with van der Waals surface area (Å²) in [6.45, 7) is 0.214. The number of aliphatic hydroxyl groups is 1. The van der Waals surface area contributed by atoms with Crippen LogP contribution in [0.15, 0.2) is 60.7 Å². The van der Waals surface area contributed by atoms with E-state index >= 15 is 0 Å². The van der Waals surface area contributed by atoms with Crippen LogP contribution in [0.5, 0.6) is 0 Å². The van der Waals surface area contributed by atoms with Gasteiger partial charge in [-0.25, -0.2) is 13.1 Å². The molecule has 0 amide bonds. The highest BCUT2D eigenvalue weighted by molar-refractivity contribution is 7.88. The minimum absolute atomic E-state index is 0.0464. The van der Waals surface area contributed by atoms with Crippen LogP contribution >= 0.6 is 0 Å². The SMILES string of the molecule is O=S(=O)(Cc1ccccc1)NCCC(O)c1ccccc1. The summed E-state index contributed by atoms with van der Waals surface area (Å²) >= 11 is 0. The first kappa shape index (κ1) is 15.7. The zero-order chi connectivity index (χ0) is 15.1. The number of hydrogen-bond donors (Lipinski definition) is 2. The fourth-order valence-corrected chi connectivity index (χ4v) is 3.20. The lowest BCUT2D eigenvalue weighted by molar-refractivity contribution is 0.169. The lowest BCUT2D eigenvalue weighted by atomic mass is 10.1. The number of sulfonamides is 1. The predicted octanol–water partition coefficient (Wildman–Crippen LogP) is 2.23. The van der Waals surface area contributed by atoms with E-state index in [9.17, 15) is 13.5 Å². The molecule has 1 atom stereocenters. The van der Waals surface area contributed by atoms with Crippen LogP contribution in [0.4, 0.5) is 0 Å². The fourth-order valence-electron chi connectivity index (χ4n) is 2.04. The molecule has 0 aliphatic heterocycles. The molecule has 0 fully saturated rings. The molecule has 4 nitrogen and oxygen atoms in total. The average Bonchev–Trinajstić information content (AvgIpc) is 2.48. The molecule has 2 rings (SSSR count). The summed E-state index contributed by atoms with van der Waals surface area (Å²) in [5, 5.41) is 9.97. The van der Waals surface area contributed by atoms with E-state index in [2.05, 4.69) is 4.72 Å². The summed E-state index contributed by atoms with van der Waals surface area (Å²) < 4.78 is 26.4. The van der Waals surface area contributed by atoms with Crippen LogP contribution in [-0.2, 0) is 15.8 Å². The van der Waals surface area contributed by atoms with Gasteiger partial charge in [-0.15, -0.1) is 0 Å². The Bertz CT molecular complexity index is 642. The Balaban J connectivity index is 1.82. The van der Waals surface area contributed by atoms with E-state index < -0.39 is 16.1 Å². The van der Waals surface area contributed by atoms with Crippen LogP contribution in [0.2, 0.25) is 0 Å². The summed E-state index contributed by atoms with van der Waals surface area (Å²) in [5.74, 6) is -0.0464. The highest BCUT2D eigenvalue weighted by Gasteiger charge is 2.12. The maximum Gasteiger partial charge on any atom is 0.215 e. The molecule has 0 radical (unpaired) electrons. The molecule has 0 saturated carbocycles. The summed E-state index contributed by atoms with van der Waals surface area (Å²) in [6.07, 6.45) is -0.316. The molecule has 0 spiro atoms. The highest BCUT2D eigenvalue weighted by atomic mass is 32.2. The lowest BCUT2D eigenvalue weighted by Crippen LogP contribution is -2.27. The first-order chi connectivity index (χ1) is 10.1. The summed E-state index contributed by atoms with van der Waals surface area (Å²) in [5.41, 5.74) is 1.54. The van der Waals surface area contributed by atoms with Crippen molar-refractivity contribution < 1.29 is 13.5 Å². The number of hydrogen-bond acceptors (Lipinski definition) is 3. The molecule has 2 aromatic carbocycles. The van der Waals surface area contributed by atoms with Crippen LogP contribution < -0.4 is 4.72 Å². The van der Waals surface area contributed by atoms with E-state index in [1.807, 2.05) is 48.5 Å². The molecule has 5 heteroatoms. The Kier molecular flexibility index (Phi) is 5.50. The highest BCUT2D eigenvalue weighted by Crippen LogP contribution is 2.15. The summed E-state index contributed by atoms with van der Waals surface area (Å²) in [4.78, 5) is 0. The molecule has 0 saturated heterocycles. The van der Waals surface area contributed by atoms with Gasteiger partial charge in [-0.2, -0.15) is 0 Å². The van der Waals surface area contributed by atoms with E-state index in [1.165, 1.54) is 0 Å². The van der Waals surface area contributed by atoms with E-state index in [1.54, 1.807) is 12.1 Å². The van der Waals surface area contributed by atoms with Gasteiger partial charge in [-0.05, 0) is 17.5 Å². The van der Waals surface area contributed by atoms with Crippen molar-refractivity contribution in [3.63, 3.8) is 0 Å². The second-order valence-corrected chi connectivity index (χ2v) is 6.66. The topological polar surface area (TPSA) is 66.4 Å². The van der Waals surface area contributed by atoms with Gasteiger partial charge in [0, 0.05) is 6.54 Å². The number of rotatable bonds is 7. The third-order valence-corrected chi connectivity index (χ3v) is 4.48. The normalized spacial score (nSPS) is 13.0. The quantitative estimate of drug-likeness (QED) is 0.824. The Hall–Kier alpha value is -1.69. The molecule has 1 unspecified atom stereocenters. The number of nitrogens with one attached hydrogen (secondary N) is 1. The molecule has 0 aromatic heterocycles. The summed E-state index contributed by atoms with van der Waals surface area (Å²) in [6, 6.07) is 18.2. The minimum Gasteiger partial charge on any atom is -0.388 e. The van der Waals surface area contributed by atoms with Crippen LogP contribution in [0, 0.1) is 0 Å². The van der Waals surface area contributed by atoms with Gasteiger partial charge in [0.2, 0.25) is 10.0 Å². The third-order valence-electron chi connectivity index (χ3n) is 3.12. The molecular weight excluding hydrogens is 286 g/mol. The van der Waals surface area contributed by atoms with Crippen molar-refractivity contribution in [2.75, 3.05) is 6.54 Å². The third kappa shape index (κ3) is 5.30. The van der Waals surface area contributed by atoms with Crippen molar-refractivity contribution in [1.82, 2.24) is 4.72 Å². The Morgan fingerprint density at radius 1 is 0.952 bits per heavy atom. The first-order valence-electron chi connectivity index (χ1n) is 6.81. The van der Waals surface area contributed by atoms with Gasteiger partial charge in [0.25, 0.3) is 0 Å². The van der Waals surface area contributed by atoms with Gasteiger partial charge in [-0.3, -0.25) is 0 Å². The summed E-state index contributed by atoms with van der Waals surface area (Å²) in [7, 11) is -3.37. The molecule has 0 aliphatic carbocycles. The fraction of sp³-hybridized carbons (Fsp3) is 0.250. The van der Waals surface area contributed by atoms with Crippen molar-refractivity contribution in [2.45, 2.75) is 18.3 Å². The molecule has 21 heavy (non-hydrogen) atoms. The van der Waals surface area contributed by atoms with Gasteiger partial charge >= 0.3 is 0 Å². The second kappa shape index (κ2) is 7.36. The minimum atomic E-state index is -3.37. The molecule has 0 aliphatic rings. The van der Waals surface area contributed by atoms with Crippen LogP contribution in [0.3, 0.4) is 0 Å². The van der Waals surface area contributed by atoms with Crippen molar-refractivity contribution in [3.05, 3.63) is 71.8 Å². The standard InChI is InChI=1S/C16H19NO3S/c18-16(15-9-5-2-6-10-15)11-12-17-21(19,20)13-14-7-3-1-4-8-14/h1-10,16-18H,11-13H2.